The highest BCUT2D eigenvalue weighted by Crippen LogP contribution is 2.32. The zero-order chi connectivity index (χ0) is 17.3. The molecule has 1 aromatic heterocycles. The standard InChI is InChI=1S/C20H33N3O/c1-14(2)19-13-22(8-5-9-23(19)11-17-6-7-17)12-18-16(4)20(24)15(3)10-21-18/h10,14,17,19H,5-9,11-13H2,1-4H3,(H,21,24). The Bertz CT molecular complexity index is 618. The van der Waals surface area contributed by atoms with Crippen molar-refractivity contribution in [2.24, 2.45) is 11.8 Å². The van der Waals surface area contributed by atoms with E-state index in [1.54, 1.807) is 0 Å². The summed E-state index contributed by atoms with van der Waals surface area (Å²) >= 11 is 0. The molecule has 0 bridgehead atoms. The maximum atomic E-state index is 12.2. The Balaban J connectivity index is 1.72. The first kappa shape index (κ1) is 17.7. The van der Waals surface area contributed by atoms with Crippen LogP contribution in [0.5, 0.6) is 0 Å². The third-order valence-electron chi connectivity index (χ3n) is 5.79. The summed E-state index contributed by atoms with van der Waals surface area (Å²) in [4.78, 5) is 20.9. The van der Waals surface area contributed by atoms with Gasteiger partial charge in [-0.25, -0.2) is 0 Å². The van der Waals surface area contributed by atoms with Crippen LogP contribution in [0.15, 0.2) is 11.0 Å². The number of nitrogens with zero attached hydrogens (tertiary/aromatic N) is 2. The van der Waals surface area contributed by atoms with E-state index in [-0.39, 0.29) is 5.43 Å². The lowest BCUT2D eigenvalue weighted by Gasteiger charge is -2.34. The Morgan fingerprint density at radius 3 is 2.67 bits per heavy atom. The summed E-state index contributed by atoms with van der Waals surface area (Å²) in [6.45, 7) is 14.2. The van der Waals surface area contributed by atoms with Crippen LogP contribution in [0.4, 0.5) is 0 Å². The van der Waals surface area contributed by atoms with Crippen LogP contribution >= 0.6 is 0 Å². The summed E-state index contributed by atoms with van der Waals surface area (Å²) in [7, 11) is 0. The zero-order valence-electron chi connectivity index (χ0n) is 15.8. The molecule has 0 radical (unpaired) electrons. The fourth-order valence-corrected chi connectivity index (χ4v) is 3.96. The van der Waals surface area contributed by atoms with Gasteiger partial charge in [0, 0.05) is 48.7 Å². The van der Waals surface area contributed by atoms with E-state index in [0.29, 0.717) is 12.0 Å². The van der Waals surface area contributed by atoms with Crippen LogP contribution in [0.2, 0.25) is 0 Å². The fraction of sp³-hybridized carbons (Fsp3) is 0.750. The highest BCUT2D eigenvalue weighted by molar-refractivity contribution is 5.23. The van der Waals surface area contributed by atoms with Gasteiger partial charge in [-0.1, -0.05) is 13.8 Å². The SMILES string of the molecule is Cc1c[nH]c(CN2CCCN(CC3CC3)C(C(C)C)C2)c(C)c1=O. The maximum absolute atomic E-state index is 12.2. The Morgan fingerprint density at radius 2 is 2.00 bits per heavy atom. The number of pyridine rings is 1. The minimum absolute atomic E-state index is 0.189. The second-order valence-corrected chi connectivity index (χ2v) is 8.24. The molecule has 1 saturated carbocycles. The van der Waals surface area contributed by atoms with Gasteiger partial charge in [0.1, 0.15) is 0 Å². The van der Waals surface area contributed by atoms with Gasteiger partial charge in [-0.3, -0.25) is 14.6 Å². The van der Waals surface area contributed by atoms with Crippen LogP contribution in [0.25, 0.3) is 0 Å². The van der Waals surface area contributed by atoms with Gasteiger partial charge in [-0.05, 0) is 58.0 Å². The van der Waals surface area contributed by atoms with Crippen molar-refractivity contribution in [3.05, 3.63) is 33.2 Å². The molecule has 1 atom stereocenters. The molecule has 4 nitrogen and oxygen atoms in total. The molecule has 134 valence electrons. The van der Waals surface area contributed by atoms with Crippen LogP contribution in [-0.2, 0) is 6.54 Å². The smallest absolute Gasteiger partial charge is 0.187 e. The number of hydrogen-bond donors (Lipinski definition) is 1. The van der Waals surface area contributed by atoms with Gasteiger partial charge in [0.15, 0.2) is 5.43 Å². The molecule has 1 unspecified atom stereocenters. The van der Waals surface area contributed by atoms with E-state index in [0.717, 1.165) is 42.4 Å². The molecule has 2 fully saturated rings. The second-order valence-electron chi connectivity index (χ2n) is 8.24. The third-order valence-corrected chi connectivity index (χ3v) is 5.79. The minimum atomic E-state index is 0.189. The summed E-state index contributed by atoms with van der Waals surface area (Å²) in [5.74, 6) is 1.62. The van der Waals surface area contributed by atoms with Gasteiger partial charge < -0.3 is 4.98 Å². The lowest BCUT2D eigenvalue weighted by Crippen LogP contribution is -2.45. The molecule has 1 aliphatic heterocycles. The van der Waals surface area contributed by atoms with Gasteiger partial charge in [0.25, 0.3) is 0 Å². The number of H-pyrrole nitrogens is 1. The molecule has 1 aromatic rings. The average Bonchev–Trinajstić information content (AvgIpc) is 3.36. The van der Waals surface area contributed by atoms with Crippen LogP contribution in [0.1, 0.15) is 49.9 Å². The first-order chi connectivity index (χ1) is 11.5. The second kappa shape index (κ2) is 7.40. The van der Waals surface area contributed by atoms with E-state index in [9.17, 15) is 4.79 Å². The Morgan fingerprint density at radius 1 is 1.25 bits per heavy atom. The van der Waals surface area contributed by atoms with Crippen molar-refractivity contribution < 1.29 is 0 Å². The normalized spacial score (nSPS) is 23.6. The monoisotopic (exact) mass is 331 g/mol. The fourth-order valence-electron chi connectivity index (χ4n) is 3.96. The lowest BCUT2D eigenvalue weighted by molar-refractivity contribution is 0.131. The van der Waals surface area contributed by atoms with Crippen molar-refractivity contribution in [1.82, 2.24) is 14.8 Å². The van der Waals surface area contributed by atoms with Crippen molar-refractivity contribution in [3.8, 4) is 0 Å². The molecular formula is C20H33N3O. The molecule has 2 aliphatic rings. The quantitative estimate of drug-likeness (QED) is 0.902. The van der Waals surface area contributed by atoms with Crippen LogP contribution in [-0.4, -0.2) is 47.0 Å². The summed E-state index contributed by atoms with van der Waals surface area (Å²) in [5.41, 5.74) is 2.97. The molecule has 0 amide bonds. The van der Waals surface area contributed by atoms with Gasteiger partial charge in [-0.2, -0.15) is 0 Å². The Hall–Kier alpha value is -1.13. The summed E-state index contributed by atoms with van der Waals surface area (Å²) in [6, 6.07) is 0.630. The number of aromatic amines is 1. The first-order valence-electron chi connectivity index (χ1n) is 9.60. The van der Waals surface area contributed by atoms with Crippen molar-refractivity contribution in [3.63, 3.8) is 0 Å². The van der Waals surface area contributed by atoms with Crippen molar-refractivity contribution >= 4 is 0 Å². The van der Waals surface area contributed by atoms with Crippen molar-refractivity contribution in [1.29, 1.82) is 0 Å². The molecule has 2 heterocycles. The highest BCUT2D eigenvalue weighted by atomic mass is 16.1. The molecule has 1 aliphatic carbocycles. The number of nitrogens with one attached hydrogen (secondary N) is 1. The van der Waals surface area contributed by atoms with Crippen LogP contribution < -0.4 is 5.43 Å². The lowest BCUT2D eigenvalue weighted by atomic mass is 10.0. The molecule has 1 N–H and O–H groups in total. The minimum Gasteiger partial charge on any atom is -0.363 e. The average molecular weight is 332 g/mol. The number of aryl methyl sites for hydroxylation is 1. The predicted octanol–water partition coefficient (Wildman–Crippen LogP) is 2.93. The molecule has 24 heavy (non-hydrogen) atoms. The van der Waals surface area contributed by atoms with E-state index in [1.165, 1.54) is 32.4 Å². The molecule has 3 rings (SSSR count). The van der Waals surface area contributed by atoms with Crippen molar-refractivity contribution in [2.75, 3.05) is 26.2 Å². The Kier molecular flexibility index (Phi) is 5.46. The predicted molar refractivity (Wildman–Crippen MR) is 99.4 cm³/mol. The maximum Gasteiger partial charge on any atom is 0.187 e. The Labute approximate surface area is 146 Å². The van der Waals surface area contributed by atoms with Crippen LogP contribution in [0.3, 0.4) is 0 Å². The number of aromatic nitrogens is 1. The molecule has 0 spiro atoms. The van der Waals surface area contributed by atoms with E-state index in [4.69, 9.17) is 0 Å². The number of rotatable bonds is 5. The van der Waals surface area contributed by atoms with Crippen LogP contribution in [0, 0.1) is 25.7 Å². The molecular weight excluding hydrogens is 298 g/mol. The highest BCUT2D eigenvalue weighted by Gasteiger charge is 2.32. The zero-order valence-corrected chi connectivity index (χ0v) is 15.8. The third kappa shape index (κ3) is 4.09. The largest absolute Gasteiger partial charge is 0.363 e. The molecule has 0 aromatic carbocycles. The van der Waals surface area contributed by atoms with E-state index < -0.39 is 0 Å². The van der Waals surface area contributed by atoms with Gasteiger partial charge in [-0.15, -0.1) is 0 Å². The van der Waals surface area contributed by atoms with Gasteiger partial charge in [0.2, 0.25) is 0 Å². The molecule has 1 saturated heterocycles. The number of hydrogen-bond acceptors (Lipinski definition) is 3. The topological polar surface area (TPSA) is 39.3 Å². The summed E-state index contributed by atoms with van der Waals surface area (Å²) in [6.07, 6.45) is 5.94. The van der Waals surface area contributed by atoms with Crippen molar-refractivity contribution in [2.45, 2.75) is 59.5 Å². The van der Waals surface area contributed by atoms with E-state index in [2.05, 4.69) is 28.6 Å². The van der Waals surface area contributed by atoms with E-state index >= 15 is 0 Å². The van der Waals surface area contributed by atoms with Gasteiger partial charge >= 0.3 is 0 Å². The summed E-state index contributed by atoms with van der Waals surface area (Å²) < 4.78 is 0. The van der Waals surface area contributed by atoms with E-state index in [1.807, 2.05) is 20.0 Å². The molecule has 4 heteroatoms. The first-order valence-corrected chi connectivity index (χ1v) is 9.60. The van der Waals surface area contributed by atoms with Gasteiger partial charge in [0.05, 0.1) is 0 Å². The summed E-state index contributed by atoms with van der Waals surface area (Å²) in [5, 5.41) is 0.